The molecule has 0 unspecified atom stereocenters. The summed E-state index contributed by atoms with van der Waals surface area (Å²) in [6.07, 6.45) is 5.04. The number of hydrogen-bond donors (Lipinski definition) is 2. The molecule has 2 amide bonds. The molecule has 4 N–H and O–H groups in total. The molecule has 132 valence electrons. The van der Waals surface area contributed by atoms with Crippen LogP contribution in [0, 0.1) is 0 Å². The number of thiazole rings is 1. The zero-order valence-corrected chi connectivity index (χ0v) is 14.5. The van der Waals surface area contributed by atoms with Crippen LogP contribution in [0.15, 0.2) is 48.9 Å². The lowest BCUT2D eigenvalue weighted by Crippen LogP contribution is -2.31. The van der Waals surface area contributed by atoms with Crippen LogP contribution in [-0.2, 0) is 17.6 Å². The number of urea groups is 1. The predicted molar refractivity (Wildman–Crippen MR) is 99.1 cm³/mol. The van der Waals surface area contributed by atoms with Gasteiger partial charge < -0.3 is 11.5 Å². The average Bonchev–Trinajstić information content (AvgIpc) is 3.05. The highest BCUT2D eigenvalue weighted by molar-refractivity contribution is 7.16. The highest BCUT2D eigenvalue weighted by Crippen LogP contribution is 2.29. The number of benzene rings is 1. The molecule has 3 rings (SSSR count). The molecule has 26 heavy (non-hydrogen) atoms. The summed E-state index contributed by atoms with van der Waals surface area (Å²) in [6.45, 7) is 0. The van der Waals surface area contributed by atoms with Crippen molar-refractivity contribution in [1.29, 1.82) is 0 Å². The summed E-state index contributed by atoms with van der Waals surface area (Å²) in [6, 6.07) is 8.34. The molecule has 2 aromatic heterocycles. The van der Waals surface area contributed by atoms with E-state index in [4.69, 9.17) is 11.5 Å². The van der Waals surface area contributed by atoms with Crippen LogP contribution in [0.4, 0.5) is 21.6 Å². The number of aromatic nitrogens is 3. The number of carbonyl (C=O) groups excluding carboxylic acids is 2. The molecule has 1 aromatic carbocycles. The zero-order valence-electron chi connectivity index (χ0n) is 13.7. The van der Waals surface area contributed by atoms with Crippen molar-refractivity contribution in [2.24, 2.45) is 5.73 Å². The van der Waals surface area contributed by atoms with E-state index in [9.17, 15) is 9.59 Å². The molecular formula is C17H16N6O2S. The summed E-state index contributed by atoms with van der Waals surface area (Å²) >= 11 is 1.25. The topological polar surface area (TPSA) is 128 Å². The van der Waals surface area contributed by atoms with E-state index in [-0.39, 0.29) is 24.6 Å². The van der Waals surface area contributed by atoms with E-state index in [1.807, 2.05) is 6.07 Å². The van der Waals surface area contributed by atoms with Crippen molar-refractivity contribution < 1.29 is 9.59 Å². The first-order chi connectivity index (χ1) is 12.5. The van der Waals surface area contributed by atoms with Gasteiger partial charge in [0, 0.05) is 36.3 Å². The van der Waals surface area contributed by atoms with Crippen molar-refractivity contribution in [2.75, 3.05) is 10.6 Å². The second-order valence-electron chi connectivity index (χ2n) is 5.46. The molecule has 0 atom stereocenters. The number of anilines is 3. The minimum atomic E-state index is -0.637. The first kappa shape index (κ1) is 17.5. The maximum Gasteiger partial charge on any atom is 0.325 e. The summed E-state index contributed by atoms with van der Waals surface area (Å²) in [4.78, 5) is 38.1. The zero-order chi connectivity index (χ0) is 18.5. The smallest absolute Gasteiger partial charge is 0.325 e. The summed E-state index contributed by atoms with van der Waals surface area (Å²) in [5.41, 5.74) is 12.2. The summed E-state index contributed by atoms with van der Waals surface area (Å²) in [5, 5.41) is 0.419. The van der Waals surface area contributed by atoms with E-state index < -0.39 is 6.03 Å². The van der Waals surface area contributed by atoms with Crippen LogP contribution in [0.5, 0.6) is 0 Å². The van der Waals surface area contributed by atoms with E-state index >= 15 is 0 Å². The van der Waals surface area contributed by atoms with Gasteiger partial charge in [0.1, 0.15) is 5.78 Å². The largest absolute Gasteiger partial charge is 0.368 e. The van der Waals surface area contributed by atoms with Crippen molar-refractivity contribution >= 4 is 39.9 Å². The Hall–Kier alpha value is -3.33. The van der Waals surface area contributed by atoms with E-state index in [1.165, 1.54) is 28.6 Å². The van der Waals surface area contributed by atoms with Gasteiger partial charge in [-0.05, 0) is 17.7 Å². The number of carbonyl (C=O) groups is 2. The fourth-order valence-electron chi connectivity index (χ4n) is 2.33. The maximum absolute atomic E-state index is 12.2. The van der Waals surface area contributed by atoms with E-state index in [1.54, 1.807) is 30.5 Å². The second kappa shape index (κ2) is 7.70. The Kier molecular flexibility index (Phi) is 5.18. The van der Waals surface area contributed by atoms with Crippen molar-refractivity contribution in [3.63, 3.8) is 0 Å². The van der Waals surface area contributed by atoms with Crippen molar-refractivity contribution in [2.45, 2.75) is 12.8 Å². The van der Waals surface area contributed by atoms with Crippen LogP contribution >= 0.6 is 11.3 Å². The molecule has 0 bridgehead atoms. The first-order valence-corrected chi connectivity index (χ1v) is 8.52. The molecule has 0 aliphatic rings. The van der Waals surface area contributed by atoms with Gasteiger partial charge in [0.05, 0.1) is 5.69 Å². The standard InChI is InChI=1S/C17H16N6O2S/c18-15-20-8-11(9-21-15)6-13(24)7-14-10-22-17(26-14)23(16(19)25)12-4-2-1-3-5-12/h1-5,8-10H,6-7H2,(H2,19,25)(H2,18,20,21). The molecular weight excluding hydrogens is 352 g/mol. The Labute approximate surface area is 153 Å². The molecule has 2 heterocycles. The lowest BCUT2D eigenvalue weighted by Gasteiger charge is -2.16. The Morgan fingerprint density at radius 3 is 2.35 bits per heavy atom. The molecule has 0 aliphatic heterocycles. The van der Waals surface area contributed by atoms with Crippen LogP contribution < -0.4 is 16.4 Å². The summed E-state index contributed by atoms with van der Waals surface area (Å²) in [7, 11) is 0. The molecule has 9 heteroatoms. The summed E-state index contributed by atoms with van der Waals surface area (Å²) < 4.78 is 0. The third-order valence-corrected chi connectivity index (χ3v) is 4.45. The minimum Gasteiger partial charge on any atom is -0.368 e. The number of nitrogens with two attached hydrogens (primary N) is 2. The van der Waals surface area contributed by atoms with Gasteiger partial charge in [0.2, 0.25) is 5.95 Å². The number of hydrogen-bond acceptors (Lipinski definition) is 7. The van der Waals surface area contributed by atoms with Crippen LogP contribution in [-0.4, -0.2) is 26.8 Å². The number of nitrogen functional groups attached to an aromatic ring is 1. The second-order valence-corrected chi connectivity index (χ2v) is 6.55. The first-order valence-electron chi connectivity index (χ1n) is 7.70. The maximum atomic E-state index is 12.2. The SMILES string of the molecule is NC(=O)N(c1ccccc1)c1ncc(CC(=O)Cc2cnc(N)nc2)s1. The van der Waals surface area contributed by atoms with Gasteiger partial charge in [0.15, 0.2) is 5.13 Å². The van der Waals surface area contributed by atoms with Crippen LogP contribution in [0.1, 0.15) is 10.4 Å². The van der Waals surface area contributed by atoms with Gasteiger partial charge in [-0.2, -0.15) is 0 Å². The lowest BCUT2D eigenvalue weighted by molar-refractivity contribution is -0.117. The van der Waals surface area contributed by atoms with Gasteiger partial charge in [-0.25, -0.2) is 24.6 Å². The van der Waals surface area contributed by atoms with Crippen molar-refractivity contribution in [3.8, 4) is 0 Å². The number of Topliss-reactive ketones (excluding diaryl/α,β-unsaturated/α-hetero) is 1. The number of ketones is 1. The van der Waals surface area contributed by atoms with Crippen LogP contribution in [0.3, 0.4) is 0 Å². The fourth-order valence-corrected chi connectivity index (χ4v) is 3.30. The molecule has 0 radical (unpaired) electrons. The Bertz CT molecular complexity index is 911. The quantitative estimate of drug-likeness (QED) is 0.685. The number of primary amides is 1. The molecule has 3 aromatic rings. The predicted octanol–water partition coefficient (Wildman–Crippen LogP) is 2.09. The Morgan fingerprint density at radius 1 is 1.00 bits per heavy atom. The fraction of sp³-hybridized carbons (Fsp3) is 0.118. The molecule has 0 saturated carbocycles. The third kappa shape index (κ3) is 4.19. The number of rotatable bonds is 6. The van der Waals surface area contributed by atoms with Crippen LogP contribution in [0.25, 0.3) is 0 Å². The van der Waals surface area contributed by atoms with E-state index in [0.29, 0.717) is 16.4 Å². The number of amides is 2. The van der Waals surface area contributed by atoms with Crippen molar-refractivity contribution in [1.82, 2.24) is 15.0 Å². The molecule has 0 fully saturated rings. The normalized spacial score (nSPS) is 10.5. The highest BCUT2D eigenvalue weighted by Gasteiger charge is 2.19. The van der Waals surface area contributed by atoms with Gasteiger partial charge >= 0.3 is 6.03 Å². The van der Waals surface area contributed by atoms with Gasteiger partial charge in [0.25, 0.3) is 0 Å². The monoisotopic (exact) mass is 368 g/mol. The number of nitrogens with zero attached hydrogens (tertiary/aromatic N) is 4. The van der Waals surface area contributed by atoms with Gasteiger partial charge in [-0.15, -0.1) is 11.3 Å². The van der Waals surface area contributed by atoms with Crippen LogP contribution in [0.2, 0.25) is 0 Å². The highest BCUT2D eigenvalue weighted by atomic mass is 32.1. The van der Waals surface area contributed by atoms with Gasteiger partial charge in [-0.1, -0.05) is 18.2 Å². The Morgan fingerprint density at radius 2 is 1.69 bits per heavy atom. The third-order valence-electron chi connectivity index (χ3n) is 3.47. The molecule has 0 spiro atoms. The molecule has 0 aliphatic carbocycles. The number of para-hydroxylation sites is 1. The average molecular weight is 368 g/mol. The molecule has 8 nitrogen and oxygen atoms in total. The van der Waals surface area contributed by atoms with E-state index in [2.05, 4.69) is 15.0 Å². The Balaban J connectivity index is 1.71. The molecule has 0 saturated heterocycles. The summed E-state index contributed by atoms with van der Waals surface area (Å²) in [5.74, 6) is 0.152. The minimum absolute atomic E-state index is 0.0149. The lowest BCUT2D eigenvalue weighted by atomic mass is 10.1. The van der Waals surface area contributed by atoms with Crippen molar-refractivity contribution in [3.05, 3.63) is 59.4 Å². The van der Waals surface area contributed by atoms with E-state index in [0.717, 1.165) is 4.88 Å². The van der Waals surface area contributed by atoms with Gasteiger partial charge in [-0.3, -0.25) is 4.79 Å².